The third-order valence-corrected chi connectivity index (χ3v) is 7.22. The second-order valence-electron chi connectivity index (χ2n) is 8.22. The number of rotatable bonds is 6. The van der Waals surface area contributed by atoms with E-state index in [2.05, 4.69) is 4.98 Å². The SMILES string of the molecule is COc1ccc(C2C(C(=O)c3sc(-c4ccccc4)nc3C)=C(O)C(=O)N2c2ccc(F)cc2)cc1. The lowest BCUT2D eigenvalue weighted by molar-refractivity contribution is -0.117. The molecule has 1 aliphatic rings. The second kappa shape index (κ2) is 9.39. The van der Waals surface area contributed by atoms with E-state index in [1.165, 1.54) is 47.6 Å². The van der Waals surface area contributed by atoms with Gasteiger partial charge in [0.05, 0.1) is 29.3 Å². The van der Waals surface area contributed by atoms with E-state index in [0.717, 1.165) is 5.56 Å². The molecule has 0 radical (unpaired) electrons. The minimum atomic E-state index is -0.928. The average molecular weight is 501 g/mol. The van der Waals surface area contributed by atoms with Crippen LogP contribution < -0.4 is 9.64 Å². The van der Waals surface area contributed by atoms with Crippen molar-refractivity contribution >= 4 is 28.7 Å². The van der Waals surface area contributed by atoms with Gasteiger partial charge in [-0.2, -0.15) is 0 Å². The van der Waals surface area contributed by atoms with Crippen molar-refractivity contribution in [3.8, 4) is 16.3 Å². The molecule has 1 atom stereocenters. The number of amides is 1. The number of halogens is 1. The molecule has 0 saturated carbocycles. The molecule has 0 spiro atoms. The van der Waals surface area contributed by atoms with Gasteiger partial charge in [-0.3, -0.25) is 14.5 Å². The van der Waals surface area contributed by atoms with E-state index in [4.69, 9.17) is 4.74 Å². The van der Waals surface area contributed by atoms with Crippen molar-refractivity contribution in [1.82, 2.24) is 4.98 Å². The number of methoxy groups -OCH3 is 1. The topological polar surface area (TPSA) is 79.7 Å². The number of aliphatic hydroxyl groups is 1. The van der Waals surface area contributed by atoms with Crippen LogP contribution in [0.25, 0.3) is 10.6 Å². The summed E-state index contributed by atoms with van der Waals surface area (Å²) in [6.45, 7) is 1.73. The van der Waals surface area contributed by atoms with Gasteiger partial charge in [-0.25, -0.2) is 9.37 Å². The van der Waals surface area contributed by atoms with Crippen LogP contribution in [0.15, 0.2) is 90.2 Å². The number of aryl methyl sites for hydroxylation is 1. The molecule has 5 rings (SSSR count). The Balaban J connectivity index is 1.62. The number of hydrogen-bond donors (Lipinski definition) is 1. The van der Waals surface area contributed by atoms with E-state index < -0.39 is 29.3 Å². The van der Waals surface area contributed by atoms with Crippen LogP contribution in [0, 0.1) is 12.7 Å². The van der Waals surface area contributed by atoms with Crippen molar-refractivity contribution in [3.05, 3.63) is 112 Å². The number of anilines is 1. The highest BCUT2D eigenvalue weighted by molar-refractivity contribution is 7.17. The smallest absolute Gasteiger partial charge is 0.294 e. The number of benzene rings is 3. The Morgan fingerprint density at radius 3 is 2.33 bits per heavy atom. The van der Waals surface area contributed by atoms with Crippen molar-refractivity contribution in [2.75, 3.05) is 12.0 Å². The number of aliphatic hydroxyl groups excluding tert-OH is 1. The van der Waals surface area contributed by atoms with Gasteiger partial charge in [-0.05, 0) is 48.9 Å². The van der Waals surface area contributed by atoms with Gasteiger partial charge in [0.25, 0.3) is 5.91 Å². The molecule has 6 nitrogen and oxygen atoms in total. The van der Waals surface area contributed by atoms with Gasteiger partial charge in [0, 0.05) is 11.3 Å². The highest BCUT2D eigenvalue weighted by atomic mass is 32.1. The Kier molecular flexibility index (Phi) is 6.12. The lowest BCUT2D eigenvalue weighted by Crippen LogP contribution is -2.31. The number of ketones is 1. The van der Waals surface area contributed by atoms with E-state index in [1.54, 1.807) is 31.2 Å². The molecule has 4 aromatic rings. The summed E-state index contributed by atoms with van der Waals surface area (Å²) in [6.07, 6.45) is 0. The maximum Gasteiger partial charge on any atom is 0.294 e. The largest absolute Gasteiger partial charge is 0.503 e. The highest BCUT2D eigenvalue weighted by Gasteiger charge is 2.45. The van der Waals surface area contributed by atoms with Crippen molar-refractivity contribution in [2.45, 2.75) is 13.0 Å². The van der Waals surface area contributed by atoms with E-state index >= 15 is 0 Å². The first-order valence-corrected chi connectivity index (χ1v) is 11.9. The van der Waals surface area contributed by atoms with Crippen LogP contribution in [-0.2, 0) is 4.79 Å². The first kappa shape index (κ1) is 23.4. The number of thiazole rings is 1. The molecule has 3 aromatic carbocycles. The average Bonchev–Trinajstić information content (AvgIpc) is 3.42. The number of aromatic nitrogens is 1. The molecule has 8 heteroatoms. The molecule has 1 aromatic heterocycles. The van der Waals surface area contributed by atoms with E-state index in [0.29, 0.717) is 32.6 Å². The Bertz CT molecular complexity index is 1480. The van der Waals surface area contributed by atoms with Crippen LogP contribution in [0.4, 0.5) is 10.1 Å². The second-order valence-corrected chi connectivity index (χ2v) is 9.22. The summed E-state index contributed by atoms with van der Waals surface area (Å²) in [7, 11) is 1.54. The van der Waals surface area contributed by atoms with Gasteiger partial charge in [-0.1, -0.05) is 42.5 Å². The molecular weight excluding hydrogens is 479 g/mol. The highest BCUT2D eigenvalue weighted by Crippen LogP contribution is 2.43. The van der Waals surface area contributed by atoms with Crippen molar-refractivity contribution in [1.29, 1.82) is 0 Å². The molecule has 1 N–H and O–H groups in total. The van der Waals surface area contributed by atoms with Gasteiger partial charge in [0.15, 0.2) is 5.76 Å². The maximum absolute atomic E-state index is 13.9. The van der Waals surface area contributed by atoms with Crippen molar-refractivity contribution in [2.24, 2.45) is 0 Å². The Hall–Kier alpha value is -4.30. The molecule has 180 valence electrons. The van der Waals surface area contributed by atoms with Crippen LogP contribution in [0.2, 0.25) is 0 Å². The fraction of sp³-hybridized carbons (Fsp3) is 0.107. The Labute approximate surface area is 210 Å². The van der Waals surface area contributed by atoms with E-state index in [9.17, 15) is 19.1 Å². The molecule has 36 heavy (non-hydrogen) atoms. The Morgan fingerprint density at radius 2 is 1.69 bits per heavy atom. The fourth-order valence-electron chi connectivity index (χ4n) is 4.24. The van der Waals surface area contributed by atoms with Crippen molar-refractivity contribution in [3.63, 3.8) is 0 Å². The summed E-state index contributed by atoms with van der Waals surface area (Å²) in [5, 5.41) is 11.6. The van der Waals surface area contributed by atoms with Crippen LogP contribution in [0.1, 0.15) is 27.0 Å². The molecule has 0 fully saturated rings. The zero-order chi connectivity index (χ0) is 25.4. The monoisotopic (exact) mass is 500 g/mol. The van der Waals surface area contributed by atoms with Crippen LogP contribution >= 0.6 is 11.3 Å². The standard InChI is InChI=1S/C28H21FN2O4S/c1-16-26(36-27(30-16)18-6-4-3-5-7-18)24(32)22-23(17-8-14-21(35-2)15-9-17)31(28(34)25(22)33)20-12-10-19(29)11-13-20/h3-15,23,33H,1-2H3. The minimum Gasteiger partial charge on any atom is -0.503 e. The number of hydrogen-bond acceptors (Lipinski definition) is 6. The molecule has 1 aliphatic heterocycles. The predicted octanol–water partition coefficient (Wildman–Crippen LogP) is 6.05. The number of ether oxygens (including phenoxy) is 1. The van der Waals surface area contributed by atoms with Gasteiger partial charge >= 0.3 is 0 Å². The van der Waals surface area contributed by atoms with E-state index in [-0.39, 0.29) is 5.57 Å². The number of carbonyl (C=O) groups excluding carboxylic acids is 2. The first-order valence-electron chi connectivity index (χ1n) is 11.1. The van der Waals surface area contributed by atoms with Gasteiger partial charge < -0.3 is 9.84 Å². The lowest BCUT2D eigenvalue weighted by Gasteiger charge is -2.27. The molecule has 1 unspecified atom stereocenters. The third-order valence-electron chi connectivity index (χ3n) is 6.01. The quantitative estimate of drug-likeness (QED) is 0.326. The van der Waals surface area contributed by atoms with Crippen LogP contribution in [0.5, 0.6) is 5.75 Å². The fourth-order valence-corrected chi connectivity index (χ4v) is 5.27. The lowest BCUT2D eigenvalue weighted by atomic mass is 9.94. The summed E-state index contributed by atoms with van der Waals surface area (Å²) in [4.78, 5) is 33.4. The summed E-state index contributed by atoms with van der Waals surface area (Å²) >= 11 is 1.21. The van der Waals surface area contributed by atoms with Gasteiger partial charge in [-0.15, -0.1) is 11.3 Å². The normalized spacial score (nSPS) is 15.5. The summed E-state index contributed by atoms with van der Waals surface area (Å²) < 4.78 is 18.9. The van der Waals surface area contributed by atoms with Gasteiger partial charge in [0.1, 0.15) is 16.6 Å². The van der Waals surface area contributed by atoms with Gasteiger partial charge in [0.2, 0.25) is 5.78 Å². The Morgan fingerprint density at radius 1 is 1.03 bits per heavy atom. The first-order chi connectivity index (χ1) is 17.4. The maximum atomic E-state index is 13.9. The summed E-state index contributed by atoms with van der Waals surface area (Å²) in [6, 6.07) is 20.8. The minimum absolute atomic E-state index is 0.0548. The number of Topliss-reactive ketones (excluding diaryl/α,β-unsaturated/α-hetero) is 1. The summed E-state index contributed by atoms with van der Waals surface area (Å²) in [5.74, 6) is -1.73. The van der Waals surface area contributed by atoms with Crippen LogP contribution in [-0.4, -0.2) is 28.9 Å². The third kappa shape index (κ3) is 4.05. The van der Waals surface area contributed by atoms with Crippen LogP contribution in [0.3, 0.4) is 0 Å². The molecule has 0 saturated heterocycles. The molecule has 2 heterocycles. The molecule has 1 amide bonds. The zero-order valence-corrected chi connectivity index (χ0v) is 20.3. The molecular formula is C28H21FN2O4S. The number of carbonyl (C=O) groups is 2. The summed E-state index contributed by atoms with van der Waals surface area (Å²) in [5.41, 5.74) is 2.25. The van der Waals surface area contributed by atoms with Crippen molar-refractivity contribution < 1.29 is 23.8 Å². The van der Waals surface area contributed by atoms with E-state index in [1.807, 2.05) is 30.3 Å². The predicted molar refractivity (Wildman–Crippen MR) is 136 cm³/mol. The number of nitrogens with zero attached hydrogens (tertiary/aromatic N) is 2. The zero-order valence-electron chi connectivity index (χ0n) is 19.4. The molecule has 0 aliphatic carbocycles. The molecule has 0 bridgehead atoms.